The highest BCUT2D eigenvalue weighted by Crippen LogP contribution is 2.19. The number of amides is 3. The normalized spacial score (nSPS) is 24.6. The van der Waals surface area contributed by atoms with E-state index in [9.17, 15) is 14.4 Å². The third-order valence-corrected chi connectivity index (χ3v) is 3.94. The highest BCUT2D eigenvalue weighted by atomic mass is 16.2. The summed E-state index contributed by atoms with van der Waals surface area (Å²) in [6.07, 6.45) is 1.13. The summed E-state index contributed by atoms with van der Waals surface area (Å²) < 4.78 is 0. The number of rotatable bonds is 1. The standard InChI is InChI=1S/C13H21N3O3/c1-10(17)15-4-3-5-16(7-6-15)13(19)11-8-12(18)14(2)9-11/h11H,3-9H2,1-2H3/t11-/m0/s1. The molecule has 2 heterocycles. The molecule has 2 rings (SSSR count). The van der Waals surface area contributed by atoms with Crippen LogP contribution in [-0.2, 0) is 14.4 Å². The first-order chi connectivity index (χ1) is 8.99. The van der Waals surface area contributed by atoms with Crippen LogP contribution in [0.15, 0.2) is 0 Å². The number of likely N-dealkylation sites (tertiary alicyclic amines) is 1. The van der Waals surface area contributed by atoms with Crippen molar-refractivity contribution in [2.45, 2.75) is 19.8 Å². The van der Waals surface area contributed by atoms with Gasteiger partial charge in [-0.2, -0.15) is 0 Å². The fourth-order valence-corrected chi connectivity index (χ4v) is 2.74. The molecule has 0 N–H and O–H groups in total. The predicted molar refractivity (Wildman–Crippen MR) is 69.2 cm³/mol. The van der Waals surface area contributed by atoms with Crippen molar-refractivity contribution in [2.75, 3.05) is 39.8 Å². The lowest BCUT2D eigenvalue weighted by molar-refractivity contribution is -0.136. The van der Waals surface area contributed by atoms with Crippen LogP contribution >= 0.6 is 0 Å². The molecule has 3 amide bonds. The van der Waals surface area contributed by atoms with E-state index in [2.05, 4.69) is 0 Å². The Balaban J connectivity index is 1.93. The second kappa shape index (κ2) is 5.59. The first kappa shape index (κ1) is 13.8. The molecule has 0 aliphatic carbocycles. The summed E-state index contributed by atoms with van der Waals surface area (Å²) in [4.78, 5) is 40.4. The molecule has 0 spiro atoms. The number of carbonyl (C=O) groups is 3. The van der Waals surface area contributed by atoms with Gasteiger partial charge in [-0.1, -0.05) is 0 Å². The van der Waals surface area contributed by atoms with Gasteiger partial charge in [0.1, 0.15) is 0 Å². The average molecular weight is 267 g/mol. The SMILES string of the molecule is CC(=O)N1CCCN(C(=O)[C@H]2CC(=O)N(C)C2)CC1. The largest absolute Gasteiger partial charge is 0.345 e. The Hall–Kier alpha value is -1.59. The van der Waals surface area contributed by atoms with E-state index < -0.39 is 0 Å². The Labute approximate surface area is 113 Å². The highest BCUT2D eigenvalue weighted by Gasteiger charge is 2.35. The van der Waals surface area contributed by atoms with Crippen molar-refractivity contribution in [3.63, 3.8) is 0 Å². The third-order valence-electron chi connectivity index (χ3n) is 3.94. The second-order valence-corrected chi connectivity index (χ2v) is 5.36. The molecule has 0 unspecified atom stereocenters. The van der Waals surface area contributed by atoms with Gasteiger partial charge in [0.15, 0.2) is 0 Å². The van der Waals surface area contributed by atoms with Gasteiger partial charge in [-0.25, -0.2) is 0 Å². The van der Waals surface area contributed by atoms with Crippen molar-refractivity contribution in [3.05, 3.63) is 0 Å². The van der Waals surface area contributed by atoms with E-state index >= 15 is 0 Å². The smallest absolute Gasteiger partial charge is 0.228 e. The molecule has 19 heavy (non-hydrogen) atoms. The Morgan fingerprint density at radius 2 is 1.74 bits per heavy atom. The summed E-state index contributed by atoms with van der Waals surface area (Å²) in [5.41, 5.74) is 0. The fourth-order valence-electron chi connectivity index (χ4n) is 2.74. The average Bonchev–Trinajstić information content (AvgIpc) is 2.59. The van der Waals surface area contributed by atoms with Crippen molar-refractivity contribution in [2.24, 2.45) is 5.92 Å². The van der Waals surface area contributed by atoms with E-state index in [0.29, 0.717) is 39.1 Å². The van der Waals surface area contributed by atoms with Crippen LogP contribution in [0.3, 0.4) is 0 Å². The Kier molecular flexibility index (Phi) is 4.07. The molecule has 6 heteroatoms. The quantitative estimate of drug-likeness (QED) is 0.646. The number of carbonyl (C=O) groups excluding carboxylic acids is 3. The molecule has 0 bridgehead atoms. The number of hydrogen-bond acceptors (Lipinski definition) is 3. The van der Waals surface area contributed by atoms with Gasteiger partial charge in [0.25, 0.3) is 0 Å². The third kappa shape index (κ3) is 3.05. The van der Waals surface area contributed by atoms with Gasteiger partial charge in [0, 0.05) is 53.1 Å². The van der Waals surface area contributed by atoms with Crippen molar-refractivity contribution < 1.29 is 14.4 Å². The molecule has 1 atom stereocenters. The molecular weight excluding hydrogens is 246 g/mol. The van der Waals surface area contributed by atoms with Gasteiger partial charge < -0.3 is 14.7 Å². The lowest BCUT2D eigenvalue weighted by Gasteiger charge is -2.24. The first-order valence-electron chi connectivity index (χ1n) is 6.77. The minimum absolute atomic E-state index is 0.0403. The molecule has 2 aliphatic rings. The summed E-state index contributed by atoms with van der Waals surface area (Å²) >= 11 is 0. The summed E-state index contributed by atoms with van der Waals surface area (Å²) in [6.45, 7) is 4.64. The van der Waals surface area contributed by atoms with Gasteiger partial charge in [0.05, 0.1) is 5.92 Å². The first-order valence-corrected chi connectivity index (χ1v) is 6.77. The summed E-state index contributed by atoms with van der Waals surface area (Å²) in [5, 5.41) is 0. The number of nitrogens with zero attached hydrogens (tertiary/aromatic N) is 3. The second-order valence-electron chi connectivity index (χ2n) is 5.36. The zero-order chi connectivity index (χ0) is 14.0. The van der Waals surface area contributed by atoms with Gasteiger partial charge in [0.2, 0.25) is 17.7 Å². The molecular formula is C13H21N3O3. The molecule has 0 radical (unpaired) electrons. The minimum Gasteiger partial charge on any atom is -0.345 e. The van der Waals surface area contributed by atoms with Crippen molar-refractivity contribution >= 4 is 17.7 Å². The lowest BCUT2D eigenvalue weighted by atomic mass is 10.1. The number of hydrogen-bond donors (Lipinski definition) is 0. The summed E-state index contributed by atoms with van der Waals surface area (Å²) in [6, 6.07) is 0. The van der Waals surface area contributed by atoms with Crippen LogP contribution in [0.25, 0.3) is 0 Å². The molecule has 0 aromatic rings. The molecule has 6 nitrogen and oxygen atoms in total. The van der Waals surface area contributed by atoms with Crippen LogP contribution in [0.1, 0.15) is 19.8 Å². The maximum Gasteiger partial charge on any atom is 0.228 e. The zero-order valence-corrected chi connectivity index (χ0v) is 11.6. The van der Waals surface area contributed by atoms with Gasteiger partial charge in [-0.3, -0.25) is 14.4 Å². The molecule has 2 fully saturated rings. The van der Waals surface area contributed by atoms with Crippen molar-refractivity contribution in [3.8, 4) is 0 Å². The topological polar surface area (TPSA) is 60.9 Å². The molecule has 0 saturated carbocycles. The van der Waals surface area contributed by atoms with Gasteiger partial charge >= 0.3 is 0 Å². The summed E-state index contributed by atoms with van der Waals surface area (Å²) in [7, 11) is 1.73. The van der Waals surface area contributed by atoms with E-state index in [4.69, 9.17) is 0 Å². The van der Waals surface area contributed by atoms with Crippen LogP contribution in [0.2, 0.25) is 0 Å². The monoisotopic (exact) mass is 267 g/mol. The molecule has 0 aromatic carbocycles. The highest BCUT2D eigenvalue weighted by molar-refractivity contribution is 5.89. The van der Waals surface area contributed by atoms with Crippen LogP contribution in [0.4, 0.5) is 0 Å². The Morgan fingerprint density at radius 1 is 1.11 bits per heavy atom. The molecule has 2 aliphatic heterocycles. The van der Waals surface area contributed by atoms with Crippen molar-refractivity contribution in [1.82, 2.24) is 14.7 Å². The van der Waals surface area contributed by atoms with Gasteiger partial charge in [-0.15, -0.1) is 0 Å². The molecule has 106 valence electrons. The van der Waals surface area contributed by atoms with E-state index in [1.54, 1.807) is 28.7 Å². The molecule has 2 saturated heterocycles. The van der Waals surface area contributed by atoms with E-state index in [0.717, 1.165) is 6.42 Å². The maximum atomic E-state index is 12.4. The molecule has 0 aromatic heterocycles. The van der Waals surface area contributed by atoms with E-state index in [1.807, 2.05) is 0 Å². The maximum absolute atomic E-state index is 12.4. The van der Waals surface area contributed by atoms with E-state index in [1.165, 1.54) is 0 Å². The van der Waals surface area contributed by atoms with Crippen LogP contribution in [0, 0.1) is 5.92 Å². The van der Waals surface area contributed by atoms with E-state index in [-0.39, 0.29) is 23.6 Å². The lowest BCUT2D eigenvalue weighted by Crippen LogP contribution is -2.40. The van der Waals surface area contributed by atoms with Crippen LogP contribution in [0.5, 0.6) is 0 Å². The van der Waals surface area contributed by atoms with Crippen LogP contribution < -0.4 is 0 Å². The zero-order valence-electron chi connectivity index (χ0n) is 11.6. The summed E-state index contributed by atoms with van der Waals surface area (Å²) in [5.74, 6) is -0.0481. The minimum atomic E-state index is -0.207. The predicted octanol–water partition coefficient (Wildman–Crippen LogP) is -0.454. The fraction of sp³-hybridized carbons (Fsp3) is 0.769. The van der Waals surface area contributed by atoms with Gasteiger partial charge in [-0.05, 0) is 6.42 Å². The Bertz CT molecular complexity index is 397. The van der Waals surface area contributed by atoms with Crippen LogP contribution in [-0.4, -0.2) is 72.2 Å². The Morgan fingerprint density at radius 3 is 2.32 bits per heavy atom. The van der Waals surface area contributed by atoms with Crippen molar-refractivity contribution in [1.29, 1.82) is 0 Å².